The molecule has 0 unspecified atom stereocenters. The molecular formula is C21H28N2O8. The zero-order chi connectivity index (χ0) is 22.8. The van der Waals surface area contributed by atoms with Crippen molar-refractivity contribution in [1.29, 1.82) is 0 Å². The fourth-order valence-electron chi connectivity index (χ4n) is 3.26. The average Bonchev–Trinajstić information content (AvgIpc) is 3.28. The molecule has 0 atom stereocenters. The Morgan fingerprint density at radius 1 is 0.871 bits per heavy atom. The van der Waals surface area contributed by atoms with Crippen molar-refractivity contribution in [2.75, 3.05) is 47.5 Å². The third-order valence-electron chi connectivity index (χ3n) is 4.79. The van der Waals surface area contributed by atoms with E-state index in [1.54, 1.807) is 27.6 Å². The van der Waals surface area contributed by atoms with Crippen LogP contribution in [-0.2, 0) is 22.7 Å². The van der Waals surface area contributed by atoms with E-state index in [9.17, 15) is 0 Å². The van der Waals surface area contributed by atoms with E-state index in [-0.39, 0.29) is 0 Å². The van der Waals surface area contributed by atoms with Crippen LogP contribution in [0.4, 0.5) is 0 Å². The second-order valence-electron chi connectivity index (χ2n) is 6.74. The number of rotatable bonds is 7. The molecule has 0 bridgehead atoms. The Labute approximate surface area is 180 Å². The van der Waals surface area contributed by atoms with Gasteiger partial charge in [-0.1, -0.05) is 6.07 Å². The molecule has 0 aliphatic carbocycles. The van der Waals surface area contributed by atoms with Gasteiger partial charge in [-0.05, 0) is 18.2 Å². The van der Waals surface area contributed by atoms with Crippen LogP contribution >= 0.6 is 0 Å². The van der Waals surface area contributed by atoms with Gasteiger partial charge in [0.15, 0.2) is 11.5 Å². The summed E-state index contributed by atoms with van der Waals surface area (Å²) in [6.07, 6.45) is 1.73. The van der Waals surface area contributed by atoms with Gasteiger partial charge < -0.3 is 28.8 Å². The quantitative estimate of drug-likeness (QED) is 0.621. The number of methoxy groups -OCH3 is 3. The van der Waals surface area contributed by atoms with Crippen molar-refractivity contribution in [2.45, 2.75) is 13.1 Å². The van der Waals surface area contributed by atoms with Gasteiger partial charge in [-0.2, -0.15) is 0 Å². The SMILES string of the molecule is COc1ccc(CN2CCN(Cc3ccco3)CC2)c(OC)c1OC.O=C(O)C(=O)O. The van der Waals surface area contributed by atoms with E-state index in [0.29, 0.717) is 11.5 Å². The third kappa shape index (κ3) is 6.90. The van der Waals surface area contributed by atoms with Gasteiger partial charge in [0.2, 0.25) is 5.75 Å². The van der Waals surface area contributed by atoms with Crippen molar-refractivity contribution in [3.8, 4) is 17.2 Å². The predicted molar refractivity (Wildman–Crippen MR) is 111 cm³/mol. The lowest BCUT2D eigenvalue weighted by molar-refractivity contribution is -0.159. The Morgan fingerprint density at radius 2 is 1.45 bits per heavy atom. The summed E-state index contributed by atoms with van der Waals surface area (Å²) in [5.41, 5.74) is 1.11. The van der Waals surface area contributed by atoms with Gasteiger partial charge in [-0.25, -0.2) is 9.59 Å². The molecule has 1 aliphatic rings. The summed E-state index contributed by atoms with van der Waals surface area (Å²) >= 11 is 0. The second-order valence-corrected chi connectivity index (χ2v) is 6.74. The molecule has 2 aromatic rings. The first-order valence-corrected chi connectivity index (χ1v) is 9.60. The lowest BCUT2D eigenvalue weighted by atomic mass is 10.1. The molecule has 2 N–H and O–H groups in total. The number of nitrogens with zero attached hydrogens (tertiary/aromatic N) is 2. The third-order valence-corrected chi connectivity index (χ3v) is 4.79. The first kappa shape index (κ1) is 24.0. The van der Waals surface area contributed by atoms with E-state index in [2.05, 4.69) is 15.9 Å². The molecular weight excluding hydrogens is 408 g/mol. The molecule has 2 heterocycles. The predicted octanol–water partition coefficient (Wildman–Crippen LogP) is 1.78. The fourth-order valence-corrected chi connectivity index (χ4v) is 3.26. The van der Waals surface area contributed by atoms with Gasteiger partial charge in [0, 0.05) is 38.3 Å². The van der Waals surface area contributed by atoms with Gasteiger partial charge in [0.25, 0.3) is 0 Å². The van der Waals surface area contributed by atoms with Crippen LogP contribution < -0.4 is 14.2 Å². The van der Waals surface area contributed by atoms with Crippen molar-refractivity contribution in [3.05, 3.63) is 41.9 Å². The highest BCUT2D eigenvalue weighted by Crippen LogP contribution is 2.40. The number of ether oxygens (including phenoxy) is 3. The zero-order valence-corrected chi connectivity index (χ0v) is 17.9. The molecule has 10 nitrogen and oxygen atoms in total. The first-order chi connectivity index (χ1) is 14.9. The van der Waals surface area contributed by atoms with Gasteiger partial charge in [0.1, 0.15) is 5.76 Å². The van der Waals surface area contributed by atoms with Crippen LogP contribution in [0.2, 0.25) is 0 Å². The summed E-state index contributed by atoms with van der Waals surface area (Å²) in [6.45, 7) is 5.78. The highest BCUT2D eigenvalue weighted by atomic mass is 16.5. The van der Waals surface area contributed by atoms with Crippen LogP contribution in [0.15, 0.2) is 34.9 Å². The molecule has 1 aromatic carbocycles. The highest BCUT2D eigenvalue weighted by molar-refractivity contribution is 6.27. The Hall–Kier alpha value is -3.24. The Morgan fingerprint density at radius 3 is 1.90 bits per heavy atom. The molecule has 0 amide bonds. The Balaban J connectivity index is 0.000000501. The number of carbonyl (C=O) groups is 2. The van der Waals surface area contributed by atoms with Crippen LogP contribution in [0, 0.1) is 0 Å². The molecule has 0 radical (unpaired) electrons. The monoisotopic (exact) mass is 436 g/mol. The lowest BCUT2D eigenvalue weighted by Gasteiger charge is -2.34. The summed E-state index contributed by atoms with van der Waals surface area (Å²) in [4.78, 5) is 23.0. The maximum atomic E-state index is 9.10. The highest BCUT2D eigenvalue weighted by Gasteiger charge is 2.21. The Kier molecular flexibility index (Phi) is 9.16. The molecule has 0 spiro atoms. The zero-order valence-electron chi connectivity index (χ0n) is 17.9. The number of aliphatic carboxylic acids is 2. The smallest absolute Gasteiger partial charge is 0.414 e. The summed E-state index contributed by atoms with van der Waals surface area (Å²) in [7, 11) is 4.94. The summed E-state index contributed by atoms with van der Waals surface area (Å²) in [6, 6.07) is 7.95. The maximum absolute atomic E-state index is 9.10. The van der Waals surface area contributed by atoms with E-state index in [1.807, 2.05) is 18.2 Å². The number of benzene rings is 1. The van der Waals surface area contributed by atoms with Crippen LogP contribution in [0.3, 0.4) is 0 Å². The minimum Gasteiger partial charge on any atom is -0.493 e. The van der Waals surface area contributed by atoms with E-state index in [1.165, 1.54) is 0 Å². The molecule has 170 valence electrons. The molecule has 31 heavy (non-hydrogen) atoms. The summed E-state index contributed by atoms with van der Waals surface area (Å²) in [5.74, 6) is -0.537. The van der Waals surface area contributed by atoms with Gasteiger partial charge >= 0.3 is 11.9 Å². The van der Waals surface area contributed by atoms with E-state index in [4.69, 9.17) is 38.4 Å². The van der Waals surface area contributed by atoms with Crippen molar-refractivity contribution >= 4 is 11.9 Å². The van der Waals surface area contributed by atoms with Crippen LogP contribution in [0.5, 0.6) is 17.2 Å². The number of hydrogen-bond acceptors (Lipinski definition) is 8. The summed E-state index contributed by atoms with van der Waals surface area (Å²) < 4.78 is 21.9. The number of furan rings is 1. The normalized spacial score (nSPS) is 14.3. The average molecular weight is 436 g/mol. The largest absolute Gasteiger partial charge is 0.493 e. The molecule has 10 heteroatoms. The maximum Gasteiger partial charge on any atom is 0.414 e. The van der Waals surface area contributed by atoms with E-state index >= 15 is 0 Å². The van der Waals surface area contributed by atoms with Crippen molar-refractivity contribution in [3.63, 3.8) is 0 Å². The standard InChI is InChI=1S/C19H26N2O4.C2H2O4/c1-22-17-7-6-15(18(23-2)19(17)24-3)13-20-8-10-21(11-9-20)14-16-5-4-12-25-16;3-1(4)2(5)6/h4-7,12H,8-11,13-14H2,1-3H3;(H,3,4)(H,5,6). The van der Waals surface area contributed by atoms with Crippen LogP contribution in [-0.4, -0.2) is 79.5 Å². The van der Waals surface area contributed by atoms with Gasteiger partial charge in [-0.3, -0.25) is 9.80 Å². The van der Waals surface area contributed by atoms with Crippen LogP contribution in [0.1, 0.15) is 11.3 Å². The number of piperazine rings is 1. The first-order valence-electron chi connectivity index (χ1n) is 9.60. The molecule has 1 aliphatic heterocycles. The number of carboxylic acid groups (broad SMARTS) is 2. The van der Waals surface area contributed by atoms with Gasteiger partial charge in [0.05, 0.1) is 34.1 Å². The van der Waals surface area contributed by atoms with E-state index in [0.717, 1.165) is 56.3 Å². The molecule has 1 fully saturated rings. The van der Waals surface area contributed by atoms with Gasteiger partial charge in [-0.15, -0.1) is 0 Å². The summed E-state index contributed by atoms with van der Waals surface area (Å²) in [5, 5.41) is 14.8. The lowest BCUT2D eigenvalue weighted by Crippen LogP contribution is -2.45. The molecule has 1 saturated heterocycles. The minimum atomic E-state index is -1.82. The second kappa shape index (κ2) is 11.8. The molecule has 1 aromatic heterocycles. The number of carboxylic acids is 2. The van der Waals surface area contributed by atoms with Crippen molar-refractivity contribution in [2.24, 2.45) is 0 Å². The molecule has 0 saturated carbocycles. The number of hydrogen-bond donors (Lipinski definition) is 2. The Bertz CT molecular complexity index is 833. The fraction of sp³-hybridized carbons (Fsp3) is 0.429. The van der Waals surface area contributed by atoms with Crippen molar-refractivity contribution in [1.82, 2.24) is 9.80 Å². The molecule has 3 rings (SSSR count). The van der Waals surface area contributed by atoms with Crippen molar-refractivity contribution < 1.29 is 38.4 Å². The minimum absolute atomic E-state index is 0.652. The topological polar surface area (TPSA) is 122 Å². The van der Waals surface area contributed by atoms with Crippen LogP contribution in [0.25, 0.3) is 0 Å². The van der Waals surface area contributed by atoms with E-state index < -0.39 is 11.9 Å².